The molecule has 0 fully saturated rings. The maximum Gasteiger partial charge on any atom is 0.435 e. The van der Waals surface area contributed by atoms with Gasteiger partial charge < -0.3 is 22.9 Å². The first-order valence-electron chi connectivity index (χ1n) is 8.70. The summed E-state index contributed by atoms with van der Waals surface area (Å²) < 4.78 is 141. The van der Waals surface area contributed by atoms with Gasteiger partial charge in [-0.3, -0.25) is 0 Å². The third-order valence-electron chi connectivity index (χ3n) is 3.45. The summed E-state index contributed by atoms with van der Waals surface area (Å²) in [6.07, 6.45) is 0. The van der Waals surface area contributed by atoms with Crippen LogP contribution in [0.15, 0.2) is 66.7 Å². The van der Waals surface area contributed by atoms with Gasteiger partial charge in [-0.1, -0.05) is 51.0 Å². The Morgan fingerprint density at radius 3 is 1.11 bits per heavy atom. The van der Waals surface area contributed by atoms with E-state index < -0.39 is 49.8 Å². The minimum absolute atomic E-state index is 0.316. The minimum atomic E-state index is -10.3. The summed E-state index contributed by atoms with van der Waals surface area (Å²) in [5, 5.41) is 9.80. The molecular formula is C18H12F10O5S2. The van der Waals surface area contributed by atoms with Gasteiger partial charge in [0.1, 0.15) is 40.2 Å². The number of hydrogen-bond acceptors (Lipinski definition) is 5. The van der Waals surface area contributed by atoms with Crippen LogP contribution in [0.3, 0.4) is 0 Å². The van der Waals surface area contributed by atoms with Crippen LogP contribution in [0.5, 0.6) is 40.2 Å². The number of benzene rings is 3. The van der Waals surface area contributed by atoms with E-state index in [-0.39, 0.29) is 11.5 Å². The molecule has 0 saturated carbocycles. The fourth-order valence-corrected chi connectivity index (χ4v) is 3.42. The van der Waals surface area contributed by atoms with E-state index in [1.807, 2.05) is 0 Å². The largest absolute Gasteiger partial charge is 0.508 e. The number of phenols is 1. The summed E-state index contributed by atoms with van der Waals surface area (Å²) in [6, 6.07) is 8.90. The monoisotopic (exact) mass is 562 g/mol. The molecule has 0 bridgehead atoms. The Bertz CT molecular complexity index is 1190. The summed E-state index contributed by atoms with van der Waals surface area (Å²) >= 11 is 0. The molecule has 3 aromatic rings. The number of rotatable bonds is 8. The van der Waals surface area contributed by atoms with E-state index >= 15 is 0 Å². The Morgan fingerprint density at radius 2 is 0.771 bits per heavy atom. The van der Waals surface area contributed by atoms with Crippen LogP contribution in [0.2, 0.25) is 0 Å². The van der Waals surface area contributed by atoms with Crippen LogP contribution in [0.4, 0.5) is 38.9 Å². The van der Waals surface area contributed by atoms with Gasteiger partial charge in [0.25, 0.3) is 0 Å². The quantitative estimate of drug-likeness (QED) is 0.277. The van der Waals surface area contributed by atoms with Gasteiger partial charge in [-0.2, -0.15) is 0 Å². The Morgan fingerprint density at radius 1 is 0.457 bits per heavy atom. The molecule has 0 aliphatic carbocycles. The van der Waals surface area contributed by atoms with Crippen LogP contribution >= 0.6 is 21.0 Å². The molecule has 1 N–H and O–H groups in total. The Balaban J connectivity index is 1.81. The van der Waals surface area contributed by atoms with Crippen molar-refractivity contribution in [2.24, 2.45) is 0 Å². The van der Waals surface area contributed by atoms with Crippen LogP contribution in [-0.2, 0) is 0 Å². The molecule has 0 aliphatic heterocycles. The van der Waals surface area contributed by atoms with E-state index in [0.717, 1.165) is 42.5 Å². The predicted octanol–water partition coefficient (Wildman–Crippen LogP) is 10.2. The first-order chi connectivity index (χ1) is 15.4. The Hall–Kier alpha value is -3.34. The van der Waals surface area contributed by atoms with Crippen LogP contribution < -0.4 is 17.8 Å². The molecule has 35 heavy (non-hydrogen) atoms. The maximum atomic E-state index is 12.5. The summed E-state index contributed by atoms with van der Waals surface area (Å²) in [5.41, 5.74) is 0. The Kier molecular flexibility index (Phi) is 5.16. The second kappa shape index (κ2) is 6.87. The summed E-state index contributed by atoms with van der Waals surface area (Å²) in [5.74, 6) is -4.65. The lowest BCUT2D eigenvalue weighted by atomic mass is 10.3. The maximum absolute atomic E-state index is 12.5. The van der Waals surface area contributed by atoms with Gasteiger partial charge in [0.2, 0.25) is 0 Å². The van der Waals surface area contributed by atoms with Crippen molar-refractivity contribution in [3.63, 3.8) is 0 Å². The molecule has 0 radical (unpaired) electrons. The van der Waals surface area contributed by atoms with Gasteiger partial charge >= 0.3 is 21.0 Å². The third kappa shape index (κ3) is 9.81. The van der Waals surface area contributed by atoms with E-state index in [4.69, 9.17) is 9.47 Å². The number of halogens is 10. The highest BCUT2D eigenvalue weighted by atomic mass is 32.5. The zero-order valence-electron chi connectivity index (χ0n) is 16.5. The van der Waals surface area contributed by atoms with E-state index in [0.29, 0.717) is 24.3 Å². The number of ether oxygens (including phenoxy) is 2. The summed E-state index contributed by atoms with van der Waals surface area (Å²) in [6.45, 7) is 0. The van der Waals surface area contributed by atoms with Crippen molar-refractivity contribution in [3.8, 4) is 40.2 Å². The van der Waals surface area contributed by atoms with Crippen LogP contribution in [0, 0.1) is 0 Å². The van der Waals surface area contributed by atoms with E-state index in [1.165, 1.54) is 0 Å². The van der Waals surface area contributed by atoms with Gasteiger partial charge in [0.05, 0.1) is 0 Å². The molecule has 0 saturated heterocycles. The van der Waals surface area contributed by atoms with Crippen molar-refractivity contribution in [1.29, 1.82) is 0 Å². The molecule has 3 rings (SSSR count). The summed E-state index contributed by atoms with van der Waals surface area (Å²) in [7, 11) is -20.5. The molecular weight excluding hydrogens is 550 g/mol. The van der Waals surface area contributed by atoms with E-state index in [2.05, 4.69) is 8.37 Å². The molecule has 196 valence electrons. The third-order valence-corrected chi connectivity index (χ3v) is 4.47. The van der Waals surface area contributed by atoms with Crippen LogP contribution in [0.1, 0.15) is 0 Å². The van der Waals surface area contributed by atoms with Crippen LogP contribution in [0.25, 0.3) is 0 Å². The Labute approximate surface area is 190 Å². The number of hydrogen-bond donors (Lipinski definition) is 1. The van der Waals surface area contributed by atoms with Gasteiger partial charge in [0, 0.05) is 30.3 Å². The highest BCUT2D eigenvalue weighted by Gasteiger charge is 2.68. The number of aromatic hydroxyl groups is 1. The molecule has 0 aliphatic rings. The minimum Gasteiger partial charge on any atom is -0.508 e. The lowest BCUT2D eigenvalue weighted by molar-refractivity contribution is 0.239. The molecule has 17 heteroatoms. The number of phenolic OH excluding ortho intramolecular Hbond substituents is 1. The van der Waals surface area contributed by atoms with Crippen molar-refractivity contribution in [3.05, 3.63) is 66.7 Å². The molecule has 0 amide bonds. The lowest BCUT2D eigenvalue weighted by Gasteiger charge is -2.39. The zero-order valence-corrected chi connectivity index (χ0v) is 18.2. The average molecular weight is 562 g/mol. The first kappa shape index (κ1) is 26.3. The van der Waals surface area contributed by atoms with Crippen LogP contribution in [-0.4, -0.2) is 5.11 Å². The van der Waals surface area contributed by atoms with Crippen molar-refractivity contribution in [1.82, 2.24) is 0 Å². The molecule has 0 heterocycles. The normalized spacial score (nSPS) is 16.2. The molecule has 5 nitrogen and oxygen atoms in total. The highest BCUT2D eigenvalue weighted by Crippen LogP contribution is 2.98. The van der Waals surface area contributed by atoms with Crippen molar-refractivity contribution < 1.29 is 61.8 Å². The highest BCUT2D eigenvalue weighted by molar-refractivity contribution is 8.42. The van der Waals surface area contributed by atoms with Crippen molar-refractivity contribution >= 4 is 21.0 Å². The second-order valence-corrected chi connectivity index (χ2v) is 10.7. The van der Waals surface area contributed by atoms with Crippen molar-refractivity contribution in [2.45, 2.75) is 0 Å². The van der Waals surface area contributed by atoms with E-state index in [1.54, 1.807) is 0 Å². The second-order valence-electron chi connectivity index (χ2n) is 6.78. The molecule has 0 unspecified atom stereocenters. The summed E-state index contributed by atoms with van der Waals surface area (Å²) in [4.78, 5) is 0. The van der Waals surface area contributed by atoms with Gasteiger partial charge in [-0.15, -0.1) is 0 Å². The fourth-order valence-electron chi connectivity index (χ4n) is 2.49. The zero-order chi connectivity index (χ0) is 26.5. The average Bonchev–Trinajstić information content (AvgIpc) is 2.56. The smallest absolute Gasteiger partial charge is 0.435 e. The molecule has 0 aromatic heterocycles. The standard InChI is InChI=1S/C18H12F10O5S2/c19-34(20,21,22,23)32-15-5-1-3-13(9-15)30-17-7-12(29)8-18(11-17)31-14-4-2-6-16(10-14)33-35(24,25,26,27)28/h1-11,29H. The molecule has 0 atom stereocenters. The predicted molar refractivity (Wildman–Crippen MR) is 109 cm³/mol. The van der Waals surface area contributed by atoms with Gasteiger partial charge in [0.15, 0.2) is 0 Å². The van der Waals surface area contributed by atoms with E-state index in [9.17, 15) is 44.0 Å². The first-order valence-corrected chi connectivity index (χ1v) is 12.5. The molecule has 0 spiro atoms. The van der Waals surface area contributed by atoms with Gasteiger partial charge in [-0.05, 0) is 24.3 Å². The topological polar surface area (TPSA) is 57.2 Å². The lowest BCUT2D eigenvalue weighted by Crippen LogP contribution is -2.13. The molecule has 3 aromatic carbocycles. The SMILES string of the molecule is Oc1cc(Oc2cccc(OS(F)(F)(F)(F)F)c2)cc(Oc2cccc(OS(F)(F)(F)(F)F)c2)c1. The van der Waals surface area contributed by atoms with Crippen molar-refractivity contribution in [2.75, 3.05) is 0 Å². The van der Waals surface area contributed by atoms with Gasteiger partial charge in [-0.25, -0.2) is 0 Å². The fraction of sp³-hybridized carbons (Fsp3) is 0.